The zero-order chi connectivity index (χ0) is 13.8. The van der Waals surface area contributed by atoms with E-state index >= 15 is 0 Å². The van der Waals surface area contributed by atoms with Crippen molar-refractivity contribution in [1.29, 1.82) is 0 Å². The summed E-state index contributed by atoms with van der Waals surface area (Å²) >= 11 is 5.77. The molecule has 0 aliphatic heterocycles. The molecule has 0 fully saturated rings. The van der Waals surface area contributed by atoms with Gasteiger partial charge in [-0.2, -0.15) is 5.10 Å². The monoisotopic (exact) mass is 281 g/mol. The molecule has 0 aromatic carbocycles. The van der Waals surface area contributed by atoms with E-state index in [2.05, 4.69) is 10.4 Å². The van der Waals surface area contributed by atoms with Crippen molar-refractivity contribution < 1.29 is 9.21 Å². The average molecular weight is 282 g/mol. The largest absolute Gasteiger partial charge is 0.465 e. The maximum absolute atomic E-state index is 11.9. The number of rotatable bonds is 5. The fraction of sp³-hybridized carbons (Fsp3) is 0.385. The molecular weight excluding hydrogens is 266 g/mol. The Hall–Kier alpha value is -1.75. The van der Waals surface area contributed by atoms with Crippen LogP contribution in [0.25, 0.3) is 0 Å². The van der Waals surface area contributed by atoms with Crippen LogP contribution in [0.1, 0.15) is 18.4 Å². The lowest BCUT2D eigenvalue weighted by atomic mass is 10.1. The molecule has 2 rings (SSSR count). The second-order valence-corrected chi connectivity index (χ2v) is 4.95. The summed E-state index contributed by atoms with van der Waals surface area (Å²) in [5, 5.41) is 7.45. The Morgan fingerprint density at radius 1 is 1.58 bits per heavy atom. The summed E-state index contributed by atoms with van der Waals surface area (Å²) in [5.74, 6) is 1.36. The summed E-state index contributed by atoms with van der Waals surface area (Å²) in [7, 11) is 0. The van der Waals surface area contributed by atoms with Gasteiger partial charge in [-0.25, -0.2) is 0 Å². The minimum absolute atomic E-state index is 0.0410. The third kappa shape index (κ3) is 3.86. The highest BCUT2D eigenvalue weighted by Gasteiger charge is 2.14. The van der Waals surface area contributed by atoms with Crippen molar-refractivity contribution in [3.8, 4) is 0 Å². The average Bonchev–Trinajstić information content (AvgIpc) is 2.95. The molecule has 6 heteroatoms. The first-order valence-electron chi connectivity index (χ1n) is 6.05. The van der Waals surface area contributed by atoms with Crippen molar-refractivity contribution in [3.63, 3.8) is 0 Å². The van der Waals surface area contributed by atoms with Crippen LogP contribution in [0.4, 0.5) is 0 Å². The Morgan fingerprint density at radius 2 is 2.37 bits per heavy atom. The van der Waals surface area contributed by atoms with Crippen LogP contribution in [0.3, 0.4) is 0 Å². The molecule has 0 saturated carbocycles. The Kier molecular flexibility index (Phi) is 4.27. The van der Waals surface area contributed by atoms with E-state index in [0.717, 1.165) is 11.5 Å². The molecule has 19 heavy (non-hydrogen) atoms. The lowest BCUT2D eigenvalue weighted by Gasteiger charge is -2.11. The first-order chi connectivity index (χ1) is 9.04. The SMILES string of the molecule is Cc1ccc(CNC(=O)C(C)Cn2cc(Cl)cn2)o1. The summed E-state index contributed by atoms with van der Waals surface area (Å²) in [6.45, 7) is 4.61. The molecule has 1 atom stereocenters. The molecule has 2 aromatic rings. The summed E-state index contributed by atoms with van der Waals surface area (Å²) < 4.78 is 7.04. The van der Waals surface area contributed by atoms with Crippen LogP contribution in [-0.4, -0.2) is 15.7 Å². The molecule has 0 radical (unpaired) electrons. The number of nitrogens with one attached hydrogen (secondary N) is 1. The van der Waals surface area contributed by atoms with Gasteiger partial charge in [-0.15, -0.1) is 0 Å². The number of aromatic nitrogens is 2. The van der Waals surface area contributed by atoms with Crippen LogP contribution in [0.5, 0.6) is 0 Å². The molecule has 5 nitrogen and oxygen atoms in total. The van der Waals surface area contributed by atoms with E-state index in [4.69, 9.17) is 16.0 Å². The first-order valence-corrected chi connectivity index (χ1v) is 6.43. The second kappa shape index (κ2) is 5.93. The number of hydrogen-bond acceptors (Lipinski definition) is 3. The normalized spacial score (nSPS) is 12.4. The van der Waals surface area contributed by atoms with Gasteiger partial charge in [0, 0.05) is 6.20 Å². The number of furan rings is 1. The number of amides is 1. The van der Waals surface area contributed by atoms with Crippen molar-refractivity contribution in [3.05, 3.63) is 41.1 Å². The Balaban J connectivity index is 1.82. The lowest BCUT2D eigenvalue weighted by Crippen LogP contribution is -2.31. The number of carbonyl (C=O) groups is 1. The van der Waals surface area contributed by atoms with Crippen LogP contribution >= 0.6 is 11.6 Å². The maximum atomic E-state index is 11.9. The van der Waals surface area contributed by atoms with E-state index in [1.165, 1.54) is 0 Å². The topological polar surface area (TPSA) is 60.1 Å². The third-order valence-electron chi connectivity index (χ3n) is 2.74. The molecule has 0 saturated heterocycles. The van der Waals surface area contributed by atoms with Crippen LogP contribution < -0.4 is 5.32 Å². The van der Waals surface area contributed by atoms with Crippen LogP contribution in [0, 0.1) is 12.8 Å². The number of hydrogen-bond donors (Lipinski definition) is 1. The molecule has 0 spiro atoms. The molecular formula is C13H16ClN3O2. The molecule has 0 aliphatic rings. The Labute approximate surface area is 116 Å². The highest BCUT2D eigenvalue weighted by Crippen LogP contribution is 2.09. The van der Waals surface area contributed by atoms with Gasteiger partial charge >= 0.3 is 0 Å². The standard InChI is InChI=1S/C13H16ClN3O2/c1-9(7-17-8-11(14)5-16-17)13(18)15-6-12-4-3-10(2)19-12/h3-5,8-9H,6-7H2,1-2H3,(H,15,18). The minimum Gasteiger partial charge on any atom is -0.465 e. The zero-order valence-electron chi connectivity index (χ0n) is 10.9. The second-order valence-electron chi connectivity index (χ2n) is 4.51. The van der Waals surface area contributed by atoms with E-state index in [0.29, 0.717) is 18.1 Å². The van der Waals surface area contributed by atoms with Gasteiger partial charge in [0.1, 0.15) is 11.5 Å². The number of nitrogens with zero attached hydrogens (tertiary/aromatic N) is 2. The van der Waals surface area contributed by atoms with E-state index in [1.54, 1.807) is 17.1 Å². The Bertz CT molecular complexity index is 562. The fourth-order valence-corrected chi connectivity index (χ4v) is 1.89. The smallest absolute Gasteiger partial charge is 0.225 e. The summed E-state index contributed by atoms with van der Waals surface area (Å²) in [6.07, 6.45) is 3.25. The molecule has 0 aliphatic carbocycles. The van der Waals surface area contributed by atoms with Gasteiger partial charge in [0.25, 0.3) is 0 Å². The van der Waals surface area contributed by atoms with Crippen molar-refractivity contribution in [1.82, 2.24) is 15.1 Å². The third-order valence-corrected chi connectivity index (χ3v) is 2.94. The number of aryl methyl sites for hydroxylation is 1. The molecule has 102 valence electrons. The molecule has 2 heterocycles. The van der Waals surface area contributed by atoms with Gasteiger partial charge < -0.3 is 9.73 Å². The van der Waals surface area contributed by atoms with Gasteiger partial charge in [0.15, 0.2) is 0 Å². The van der Waals surface area contributed by atoms with Crippen molar-refractivity contribution in [2.75, 3.05) is 0 Å². The van der Waals surface area contributed by atoms with E-state index in [9.17, 15) is 4.79 Å². The van der Waals surface area contributed by atoms with Crippen LogP contribution in [0.2, 0.25) is 5.02 Å². The highest BCUT2D eigenvalue weighted by atomic mass is 35.5. The number of halogens is 1. The summed E-state index contributed by atoms with van der Waals surface area (Å²) in [4.78, 5) is 11.9. The van der Waals surface area contributed by atoms with Crippen LogP contribution in [-0.2, 0) is 17.9 Å². The molecule has 1 amide bonds. The van der Waals surface area contributed by atoms with Gasteiger partial charge in [0.05, 0.1) is 30.2 Å². The molecule has 1 N–H and O–H groups in total. The van der Waals surface area contributed by atoms with E-state index in [1.807, 2.05) is 26.0 Å². The van der Waals surface area contributed by atoms with E-state index < -0.39 is 0 Å². The summed E-state index contributed by atoms with van der Waals surface area (Å²) in [5.41, 5.74) is 0. The van der Waals surface area contributed by atoms with Crippen molar-refractivity contribution in [2.24, 2.45) is 5.92 Å². The van der Waals surface area contributed by atoms with E-state index in [-0.39, 0.29) is 11.8 Å². The van der Waals surface area contributed by atoms with Gasteiger partial charge in [-0.1, -0.05) is 18.5 Å². The van der Waals surface area contributed by atoms with Gasteiger partial charge in [0.2, 0.25) is 5.91 Å². The summed E-state index contributed by atoms with van der Waals surface area (Å²) in [6, 6.07) is 3.73. The fourth-order valence-electron chi connectivity index (χ4n) is 1.73. The highest BCUT2D eigenvalue weighted by molar-refractivity contribution is 6.30. The van der Waals surface area contributed by atoms with Gasteiger partial charge in [-0.05, 0) is 19.1 Å². The predicted molar refractivity (Wildman–Crippen MR) is 71.7 cm³/mol. The minimum atomic E-state index is -0.188. The molecule has 2 aromatic heterocycles. The quantitative estimate of drug-likeness (QED) is 0.915. The predicted octanol–water partition coefficient (Wildman–Crippen LogP) is 2.39. The lowest BCUT2D eigenvalue weighted by molar-refractivity contribution is -0.125. The number of carbonyl (C=O) groups excluding carboxylic acids is 1. The molecule has 0 bridgehead atoms. The van der Waals surface area contributed by atoms with Crippen molar-refractivity contribution in [2.45, 2.75) is 26.9 Å². The first kappa shape index (κ1) is 13.7. The van der Waals surface area contributed by atoms with Crippen molar-refractivity contribution >= 4 is 17.5 Å². The maximum Gasteiger partial charge on any atom is 0.225 e. The van der Waals surface area contributed by atoms with Gasteiger partial charge in [-0.3, -0.25) is 9.48 Å². The Morgan fingerprint density at radius 3 is 2.95 bits per heavy atom. The molecule has 1 unspecified atom stereocenters. The zero-order valence-corrected chi connectivity index (χ0v) is 11.6. The van der Waals surface area contributed by atoms with Crippen LogP contribution in [0.15, 0.2) is 28.9 Å².